The van der Waals surface area contributed by atoms with Crippen molar-refractivity contribution in [1.82, 2.24) is 5.73 Å². The number of halogens is 2. The molecule has 0 saturated heterocycles. The second-order valence-corrected chi connectivity index (χ2v) is 4.45. The zero-order chi connectivity index (χ0) is 7.56. The van der Waals surface area contributed by atoms with Crippen molar-refractivity contribution in [3.05, 3.63) is 30.9 Å². The first-order chi connectivity index (χ1) is 4.72. The summed E-state index contributed by atoms with van der Waals surface area (Å²) in [4.78, 5) is 0. The first-order valence-electron chi connectivity index (χ1n) is 2.82. The van der Waals surface area contributed by atoms with E-state index in [0.29, 0.717) is 6.54 Å². The summed E-state index contributed by atoms with van der Waals surface area (Å²) in [5, 5.41) is 0. The summed E-state index contributed by atoms with van der Waals surface area (Å²) >= 11 is 4.53. The fourth-order valence-electron chi connectivity index (χ4n) is 0.713. The average molecular weight is 358 g/mol. The molecule has 1 nitrogen and oxygen atoms in total. The van der Waals surface area contributed by atoms with Gasteiger partial charge < -0.3 is 0 Å². The van der Waals surface area contributed by atoms with Crippen molar-refractivity contribution in [2.24, 2.45) is 0 Å². The van der Waals surface area contributed by atoms with Crippen LogP contribution < -0.4 is 5.73 Å². The van der Waals surface area contributed by atoms with Gasteiger partial charge >= 0.3 is 0 Å². The van der Waals surface area contributed by atoms with Gasteiger partial charge in [-0.2, -0.15) is 0 Å². The highest BCUT2D eigenvalue weighted by atomic mass is 127. The van der Waals surface area contributed by atoms with Gasteiger partial charge in [0.05, 0.1) is 0 Å². The van der Waals surface area contributed by atoms with Crippen molar-refractivity contribution in [1.29, 1.82) is 0 Å². The second-order valence-electron chi connectivity index (χ2n) is 1.95. The van der Waals surface area contributed by atoms with E-state index in [4.69, 9.17) is 5.73 Å². The maximum atomic E-state index is 7.13. The first kappa shape index (κ1) is 8.73. The smallest absolute Gasteiger partial charge is 0.0351 e. The van der Waals surface area contributed by atoms with E-state index >= 15 is 0 Å². The van der Waals surface area contributed by atoms with Gasteiger partial charge in [0, 0.05) is 13.7 Å². The number of hydrogen-bond donors (Lipinski definition) is 0. The van der Waals surface area contributed by atoms with Crippen LogP contribution in [0.15, 0.2) is 18.2 Å². The standard InChI is InChI=1S/C7H6I2N/c8-6-1-5(4-10)2-7(9)3-6/h1-3,10H,4H2. The van der Waals surface area contributed by atoms with Gasteiger partial charge in [-0.1, -0.05) is 0 Å². The Labute approximate surface area is 87.7 Å². The fourth-order valence-corrected chi connectivity index (χ4v) is 2.78. The third-order valence-electron chi connectivity index (χ3n) is 1.13. The van der Waals surface area contributed by atoms with E-state index in [1.54, 1.807) is 0 Å². The summed E-state index contributed by atoms with van der Waals surface area (Å²) in [5.41, 5.74) is 8.22. The van der Waals surface area contributed by atoms with E-state index in [1.807, 2.05) is 12.1 Å². The molecule has 3 heteroatoms. The van der Waals surface area contributed by atoms with Crippen molar-refractivity contribution >= 4 is 45.2 Å². The zero-order valence-corrected chi connectivity index (χ0v) is 9.51. The van der Waals surface area contributed by atoms with E-state index in [1.165, 1.54) is 7.14 Å². The quantitative estimate of drug-likeness (QED) is 0.690. The normalized spacial score (nSPS) is 9.90. The lowest BCUT2D eigenvalue weighted by atomic mass is 10.2. The largest absolute Gasteiger partial charge is 0.253 e. The van der Waals surface area contributed by atoms with Crippen molar-refractivity contribution < 1.29 is 0 Å². The Bertz CT molecular complexity index is 215. The molecule has 0 aromatic heterocycles. The summed E-state index contributed by atoms with van der Waals surface area (Å²) in [6, 6.07) is 6.17. The van der Waals surface area contributed by atoms with Crippen LogP contribution in [0.2, 0.25) is 0 Å². The van der Waals surface area contributed by atoms with Gasteiger partial charge in [0.15, 0.2) is 0 Å². The number of benzene rings is 1. The van der Waals surface area contributed by atoms with Crippen LogP contribution in [-0.4, -0.2) is 0 Å². The molecule has 1 aromatic rings. The summed E-state index contributed by atoms with van der Waals surface area (Å²) in [6.07, 6.45) is 0. The Balaban J connectivity index is 3.06. The first-order valence-corrected chi connectivity index (χ1v) is 4.97. The van der Waals surface area contributed by atoms with E-state index in [2.05, 4.69) is 51.2 Å². The number of rotatable bonds is 1. The molecule has 0 amide bonds. The second kappa shape index (κ2) is 3.87. The molecule has 0 aliphatic carbocycles. The summed E-state index contributed by atoms with van der Waals surface area (Å²) in [5.74, 6) is 0. The minimum atomic E-state index is 0.382. The van der Waals surface area contributed by atoms with Crippen LogP contribution in [0.25, 0.3) is 0 Å². The summed E-state index contributed by atoms with van der Waals surface area (Å²) < 4.78 is 2.43. The lowest BCUT2D eigenvalue weighted by molar-refractivity contribution is 1.02. The molecule has 1 rings (SSSR count). The van der Waals surface area contributed by atoms with E-state index in [0.717, 1.165) is 5.56 Å². The Morgan fingerprint density at radius 3 is 2.00 bits per heavy atom. The van der Waals surface area contributed by atoms with E-state index < -0.39 is 0 Å². The SMILES string of the molecule is [NH]Cc1cc(I)cc(I)c1. The number of nitrogens with one attached hydrogen (secondary N) is 1. The van der Waals surface area contributed by atoms with Crippen LogP contribution in [-0.2, 0) is 6.54 Å². The maximum absolute atomic E-state index is 7.13. The van der Waals surface area contributed by atoms with Gasteiger partial charge in [0.1, 0.15) is 0 Å². The highest BCUT2D eigenvalue weighted by Gasteiger charge is 1.93. The zero-order valence-electron chi connectivity index (χ0n) is 5.20. The van der Waals surface area contributed by atoms with Crippen molar-refractivity contribution in [3.63, 3.8) is 0 Å². The number of hydrogen-bond acceptors (Lipinski definition) is 0. The van der Waals surface area contributed by atoms with Gasteiger partial charge in [-0.05, 0) is 68.9 Å². The molecule has 0 fully saturated rings. The van der Waals surface area contributed by atoms with Gasteiger partial charge in [-0.15, -0.1) is 0 Å². The van der Waals surface area contributed by atoms with Gasteiger partial charge in [-0.25, -0.2) is 0 Å². The highest BCUT2D eigenvalue weighted by Crippen LogP contribution is 2.13. The maximum Gasteiger partial charge on any atom is 0.0351 e. The minimum absolute atomic E-state index is 0.382. The Hall–Kier alpha value is 0.640. The molecule has 10 heavy (non-hydrogen) atoms. The molecule has 0 aliphatic heterocycles. The third kappa shape index (κ3) is 2.35. The van der Waals surface area contributed by atoms with E-state index in [-0.39, 0.29) is 0 Å². The van der Waals surface area contributed by atoms with Crippen molar-refractivity contribution in [2.45, 2.75) is 6.54 Å². The van der Waals surface area contributed by atoms with Crippen LogP contribution in [0, 0.1) is 7.14 Å². The monoisotopic (exact) mass is 358 g/mol. The van der Waals surface area contributed by atoms with Crippen LogP contribution in [0.5, 0.6) is 0 Å². The molecule has 1 aromatic carbocycles. The molecule has 1 N–H and O–H groups in total. The molecule has 0 unspecified atom stereocenters. The Kier molecular flexibility index (Phi) is 3.38. The Morgan fingerprint density at radius 2 is 1.60 bits per heavy atom. The molecule has 53 valence electrons. The minimum Gasteiger partial charge on any atom is -0.253 e. The molecular weight excluding hydrogens is 352 g/mol. The lowest BCUT2D eigenvalue weighted by Crippen LogP contribution is -1.86. The highest BCUT2D eigenvalue weighted by molar-refractivity contribution is 14.1. The van der Waals surface area contributed by atoms with Gasteiger partial charge in [0.25, 0.3) is 0 Å². The molecule has 0 atom stereocenters. The van der Waals surface area contributed by atoms with Crippen LogP contribution in [0.1, 0.15) is 5.56 Å². The molecule has 0 heterocycles. The topological polar surface area (TPSA) is 23.8 Å². The molecular formula is C7H6I2N. The molecule has 0 saturated carbocycles. The van der Waals surface area contributed by atoms with Crippen LogP contribution in [0.4, 0.5) is 0 Å². The predicted octanol–water partition coefficient (Wildman–Crippen LogP) is 2.68. The predicted molar refractivity (Wildman–Crippen MR) is 58.7 cm³/mol. The molecule has 0 aliphatic rings. The molecule has 0 spiro atoms. The van der Waals surface area contributed by atoms with Gasteiger partial charge in [0.2, 0.25) is 0 Å². The molecule has 0 bridgehead atoms. The fraction of sp³-hybridized carbons (Fsp3) is 0.143. The van der Waals surface area contributed by atoms with Crippen molar-refractivity contribution in [2.75, 3.05) is 0 Å². The van der Waals surface area contributed by atoms with Crippen LogP contribution in [0.3, 0.4) is 0 Å². The third-order valence-corrected chi connectivity index (χ3v) is 2.37. The van der Waals surface area contributed by atoms with Gasteiger partial charge in [-0.3, -0.25) is 5.73 Å². The molecule has 1 radical (unpaired) electrons. The van der Waals surface area contributed by atoms with Crippen molar-refractivity contribution in [3.8, 4) is 0 Å². The Morgan fingerprint density at radius 1 is 1.10 bits per heavy atom. The summed E-state index contributed by atoms with van der Waals surface area (Å²) in [7, 11) is 0. The van der Waals surface area contributed by atoms with E-state index in [9.17, 15) is 0 Å². The van der Waals surface area contributed by atoms with Crippen LogP contribution >= 0.6 is 45.2 Å². The average Bonchev–Trinajstić information content (AvgIpc) is 1.85. The summed E-state index contributed by atoms with van der Waals surface area (Å²) in [6.45, 7) is 0.382. The lowest BCUT2D eigenvalue weighted by Gasteiger charge is -1.97.